The lowest BCUT2D eigenvalue weighted by Crippen LogP contribution is -2.50. The maximum atomic E-state index is 12.6. The molecule has 2 amide bonds. The Hall–Kier alpha value is -2.70. The molecular formula is C28H42N2O5. The Morgan fingerprint density at radius 3 is 2.40 bits per heavy atom. The zero-order chi connectivity index (χ0) is 25.6. The van der Waals surface area contributed by atoms with Crippen LogP contribution >= 0.6 is 0 Å². The van der Waals surface area contributed by atoms with Crippen LogP contribution in [0.4, 0.5) is 4.79 Å². The molecule has 0 saturated carbocycles. The van der Waals surface area contributed by atoms with E-state index in [0.717, 1.165) is 49.4 Å². The molecule has 7 nitrogen and oxygen atoms in total. The van der Waals surface area contributed by atoms with E-state index in [0.29, 0.717) is 32.4 Å². The molecule has 0 bridgehead atoms. The number of fused-ring (bicyclic) bond motifs is 1. The number of allylic oxidation sites excluding steroid dienone is 1. The minimum Gasteiger partial charge on any atom is -0.496 e. The first-order valence-electron chi connectivity index (χ1n) is 12.9. The number of amides is 2. The summed E-state index contributed by atoms with van der Waals surface area (Å²) in [7, 11) is 1.68. The van der Waals surface area contributed by atoms with Gasteiger partial charge in [0.25, 0.3) is 0 Å². The molecule has 1 spiro atoms. The number of carbonyl (C=O) groups is 2. The fourth-order valence-corrected chi connectivity index (χ4v) is 4.88. The minimum absolute atomic E-state index is 0.222. The van der Waals surface area contributed by atoms with Gasteiger partial charge in [0.05, 0.1) is 12.7 Å². The number of hydrogen-bond acceptors (Lipinski definition) is 5. The lowest BCUT2D eigenvalue weighted by molar-refractivity contribution is -0.130. The van der Waals surface area contributed by atoms with Gasteiger partial charge in [-0.15, -0.1) is 0 Å². The van der Waals surface area contributed by atoms with Crippen molar-refractivity contribution in [2.45, 2.75) is 84.3 Å². The van der Waals surface area contributed by atoms with Crippen molar-refractivity contribution in [3.05, 3.63) is 29.8 Å². The van der Waals surface area contributed by atoms with Crippen LogP contribution in [-0.4, -0.2) is 66.3 Å². The van der Waals surface area contributed by atoms with Gasteiger partial charge in [0.2, 0.25) is 5.91 Å². The number of carbonyl (C=O) groups excluding carboxylic acids is 2. The summed E-state index contributed by atoms with van der Waals surface area (Å²) in [4.78, 5) is 28.6. The average Bonchev–Trinajstić information content (AvgIpc) is 2.81. The third kappa shape index (κ3) is 6.71. The Labute approximate surface area is 210 Å². The van der Waals surface area contributed by atoms with Crippen LogP contribution in [0, 0.1) is 0 Å². The summed E-state index contributed by atoms with van der Waals surface area (Å²) >= 11 is 0. The number of ether oxygens (including phenoxy) is 3. The summed E-state index contributed by atoms with van der Waals surface area (Å²) < 4.78 is 17.8. The molecule has 1 saturated heterocycles. The monoisotopic (exact) mass is 486 g/mol. The summed E-state index contributed by atoms with van der Waals surface area (Å²) in [5, 5.41) is 0. The van der Waals surface area contributed by atoms with Gasteiger partial charge in [-0.3, -0.25) is 4.79 Å². The predicted octanol–water partition coefficient (Wildman–Crippen LogP) is 5.67. The molecular weight excluding hydrogens is 444 g/mol. The molecule has 2 aliphatic rings. The number of hydrogen-bond donors (Lipinski definition) is 0. The largest absolute Gasteiger partial charge is 0.496 e. The molecule has 0 atom stereocenters. The van der Waals surface area contributed by atoms with Crippen LogP contribution in [0.2, 0.25) is 0 Å². The molecule has 3 rings (SSSR count). The smallest absolute Gasteiger partial charge is 0.410 e. The SMILES string of the molecule is CCN(CC)C(=O)CCCCC1=CC2(CCN(C(=O)OC(C)(C)C)CC2)Oc2cccc(OC)c21. The van der Waals surface area contributed by atoms with E-state index < -0.39 is 11.2 Å². The summed E-state index contributed by atoms with van der Waals surface area (Å²) in [5.41, 5.74) is 1.24. The lowest BCUT2D eigenvalue weighted by atomic mass is 9.83. The van der Waals surface area contributed by atoms with Gasteiger partial charge in [-0.1, -0.05) is 6.07 Å². The van der Waals surface area contributed by atoms with E-state index in [1.807, 2.05) is 57.7 Å². The van der Waals surface area contributed by atoms with E-state index in [1.165, 1.54) is 5.57 Å². The number of piperidine rings is 1. The van der Waals surface area contributed by atoms with Crippen LogP contribution in [0.25, 0.3) is 5.57 Å². The normalized spacial score (nSPS) is 16.7. The van der Waals surface area contributed by atoms with Crippen LogP contribution in [0.3, 0.4) is 0 Å². The molecule has 1 aromatic rings. The first kappa shape index (κ1) is 26.9. The second kappa shape index (κ2) is 11.4. The quantitative estimate of drug-likeness (QED) is 0.443. The molecule has 35 heavy (non-hydrogen) atoms. The molecule has 2 heterocycles. The van der Waals surface area contributed by atoms with Gasteiger partial charge in [-0.25, -0.2) is 4.79 Å². The molecule has 7 heteroatoms. The van der Waals surface area contributed by atoms with Crippen molar-refractivity contribution in [1.82, 2.24) is 9.80 Å². The molecule has 0 aromatic heterocycles. The highest BCUT2D eigenvalue weighted by Crippen LogP contribution is 2.46. The molecule has 0 N–H and O–H groups in total. The highest BCUT2D eigenvalue weighted by atomic mass is 16.6. The number of rotatable bonds is 8. The molecule has 1 aromatic carbocycles. The molecule has 194 valence electrons. The summed E-state index contributed by atoms with van der Waals surface area (Å²) in [6, 6.07) is 5.91. The average molecular weight is 487 g/mol. The van der Waals surface area contributed by atoms with Crippen molar-refractivity contribution in [3.8, 4) is 11.5 Å². The van der Waals surface area contributed by atoms with Gasteiger partial charge in [0.1, 0.15) is 22.7 Å². The van der Waals surface area contributed by atoms with E-state index in [9.17, 15) is 9.59 Å². The Morgan fingerprint density at radius 1 is 1.11 bits per heavy atom. The number of nitrogens with zero attached hydrogens (tertiary/aromatic N) is 2. The summed E-state index contributed by atoms with van der Waals surface area (Å²) in [6.07, 6.45) is 6.55. The van der Waals surface area contributed by atoms with E-state index in [-0.39, 0.29) is 12.0 Å². The second-order valence-electron chi connectivity index (χ2n) is 10.4. The van der Waals surface area contributed by atoms with Crippen LogP contribution in [-0.2, 0) is 9.53 Å². The van der Waals surface area contributed by atoms with Gasteiger partial charge in [0, 0.05) is 45.4 Å². The van der Waals surface area contributed by atoms with E-state index in [4.69, 9.17) is 14.2 Å². The Bertz CT molecular complexity index is 922. The Kier molecular flexibility index (Phi) is 8.73. The zero-order valence-electron chi connectivity index (χ0n) is 22.3. The first-order chi connectivity index (χ1) is 16.6. The zero-order valence-corrected chi connectivity index (χ0v) is 22.3. The van der Waals surface area contributed by atoms with Gasteiger partial charge < -0.3 is 24.0 Å². The van der Waals surface area contributed by atoms with Gasteiger partial charge >= 0.3 is 6.09 Å². The van der Waals surface area contributed by atoms with Crippen molar-refractivity contribution in [2.24, 2.45) is 0 Å². The molecule has 2 aliphatic heterocycles. The highest BCUT2D eigenvalue weighted by molar-refractivity contribution is 5.78. The fraction of sp³-hybridized carbons (Fsp3) is 0.643. The lowest BCUT2D eigenvalue weighted by Gasteiger charge is -2.43. The number of methoxy groups -OCH3 is 1. The molecule has 0 aliphatic carbocycles. The number of likely N-dealkylation sites (tertiary alicyclic amines) is 1. The van der Waals surface area contributed by atoms with Crippen molar-refractivity contribution < 1.29 is 23.8 Å². The number of unbranched alkanes of at least 4 members (excludes halogenated alkanes) is 1. The topological polar surface area (TPSA) is 68.3 Å². The third-order valence-corrected chi connectivity index (χ3v) is 6.74. The Balaban J connectivity index is 1.72. The van der Waals surface area contributed by atoms with Crippen molar-refractivity contribution in [3.63, 3.8) is 0 Å². The van der Waals surface area contributed by atoms with E-state index in [2.05, 4.69) is 6.08 Å². The van der Waals surface area contributed by atoms with Gasteiger partial charge in [0.15, 0.2) is 0 Å². The molecule has 1 fully saturated rings. The van der Waals surface area contributed by atoms with Crippen molar-refractivity contribution >= 4 is 17.6 Å². The van der Waals surface area contributed by atoms with Gasteiger partial charge in [-0.05, 0) is 77.7 Å². The van der Waals surface area contributed by atoms with Crippen molar-refractivity contribution in [2.75, 3.05) is 33.3 Å². The molecule has 0 radical (unpaired) electrons. The van der Waals surface area contributed by atoms with Crippen molar-refractivity contribution in [1.29, 1.82) is 0 Å². The second-order valence-corrected chi connectivity index (χ2v) is 10.4. The number of benzene rings is 1. The van der Waals surface area contributed by atoms with Crippen LogP contribution in [0.15, 0.2) is 24.3 Å². The predicted molar refractivity (Wildman–Crippen MR) is 138 cm³/mol. The van der Waals surface area contributed by atoms with E-state index >= 15 is 0 Å². The van der Waals surface area contributed by atoms with Gasteiger partial charge in [-0.2, -0.15) is 0 Å². The molecule has 0 unspecified atom stereocenters. The fourth-order valence-electron chi connectivity index (χ4n) is 4.88. The standard InChI is InChI=1S/C28H42N2O5/c1-7-29(8-2)24(31)15-10-9-12-21-20-28(34-23-14-11-13-22(33-6)25(21)23)16-18-30(19-17-28)26(32)35-27(3,4)5/h11,13-14,20H,7-10,12,15-19H2,1-6H3. The Morgan fingerprint density at radius 2 is 1.80 bits per heavy atom. The first-order valence-corrected chi connectivity index (χ1v) is 12.9. The minimum atomic E-state index is -0.511. The highest BCUT2D eigenvalue weighted by Gasteiger charge is 2.41. The maximum absolute atomic E-state index is 12.6. The van der Waals surface area contributed by atoms with Crippen LogP contribution in [0.1, 0.15) is 78.7 Å². The van der Waals surface area contributed by atoms with Crippen LogP contribution < -0.4 is 9.47 Å². The maximum Gasteiger partial charge on any atom is 0.410 e. The summed E-state index contributed by atoms with van der Waals surface area (Å²) in [5.74, 6) is 1.85. The summed E-state index contributed by atoms with van der Waals surface area (Å²) in [6.45, 7) is 12.4. The third-order valence-electron chi connectivity index (χ3n) is 6.74. The van der Waals surface area contributed by atoms with E-state index in [1.54, 1.807) is 12.0 Å². The van der Waals surface area contributed by atoms with Crippen LogP contribution in [0.5, 0.6) is 11.5 Å².